The molecule has 1 N–H and O–H groups in total. The topological polar surface area (TPSA) is 87.8 Å². The summed E-state index contributed by atoms with van der Waals surface area (Å²) in [5.41, 5.74) is 0.595. The van der Waals surface area contributed by atoms with Gasteiger partial charge in [0.05, 0.1) is 15.5 Å². The van der Waals surface area contributed by atoms with Gasteiger partial charge in [-0.15, -0.1) is 6.58 Å². The number of amides is 2. The van der Waals surface area contributed by atoms with E-state index in [4.69, 9.17) is 21.1 Å². The number of nitrogens with zero attached hydrogens (tertiary/aromatic N) is 1. The Morgan fingerprint density at radius 3 is 2.73 bits per heavy atom. The summed E-state index contributed by atoms with van der Waals surface area (Å²) < 4.78 is 5.67. The lowest BCUT2D eigenvalue weighted by Gasteiger charge is -2.07. The van der Waals surface area contributed by atoms with Crippen LogP contribution in [0.2, 0.25) is 5.02 Å². The average molecular weight is 390 g/mol. The Hall–Kier alpha value is -2.77. The van der Waals surface area contributed by atoms with Gasteiger partial charge in [-0.2, -0.15) is 0 Å². The molecule has 1 saturated heterocycles. The van der Waals surface area contributed by atoms with E-state index in [2.05, 4.69) is 6.58 Å². The highest BCUT2D eigenvalue weighted by Crippen LogP contribution is 2.33. The van der Waals surface area contributed by atoms with Gasteiger partial charge in [-0.25, -0.2) is 4.79 Å². The fraction of sp³-hybridized carbons (Fsp3) is 0.0556. The number of carbonyl (C=O) groups is 3. The van der Waals surface area contributed by atoms with Gasteiger partial charge < -0.3 is 9.52 Å². The smallest absolute Gasteiger partial charge is 0.337 e. The summed E-state index contributed by atoms with van der Waals surface area (Å²) >= 11 is 6.80. The molecule has 1 fully saturated rings. The van der Waals surface area contributed by atoms with Crippen LogP contribution in [0.15, 0.2) is 52.3 Å². The largest absolute Gasteiger partial charge is 0.478 e. The predicted octanol–water partition coefficient (Wildman–Crippen LogP) is 4.52. The summed E-state index contributed by atoms with van der Waals surface area (Å²) in [6.45, 7) is 3.67. The monoisotopic (exact) mass is 389 g/mol. The first-order valence-corrected chi connectivity index (χ1v) is 8.59. The van der Waals surface area contributed by atoms with Crippen LogP contribution in [0.3, 0.4) is 0 Å². The van der Waals surface area contributed by atoms with Gasteiger partial charge in [0.15, 0.2) is 0 Å². The van der Waals surface area contributed by atoms with Gasteiger partial charge in [0.1, 0.15) is 11.5 Å². The van der Waals surface area contributed by atoms with Gasteiger partial charge in [0.2, 0.25) is 0 Å². The van der Waals surface area contributed by atoms with Crippen molar-refractivity contribution in [2.75, 3.05) is 6.54 Å². The van der Waals surface area contributed by atoms with Crippen LogP contribution in [-0.2, 0) is 4.79 Å². The second-order valence-corrected chi connectivity index (χ2v) is 6.68. The van der Waals surface area contributed by atoms with Crippen LogP contribution in [0, 0.1) is 0 Å². The SMILES string of the molecule is C=CCN1C(=O)SC(=Cc2ccc(-c3ccc(C(=O)O)c(Cl)c3)o2)C1=O. The van der Waals surface area contributed by atoms with Crippen molar-refractivity contribution in [2.45, 2.75) is 0 Å². The van der Waals surface area contributed by atoms with Crippen molar-refractivity contribution in [3.63, 3.8) is 0 Å². The zero-order valence-corrected chi connectivity index (χ0v) is 14.8. The van der Waals surface area contributed by atoms with Crippen LogP contribution >= 0.6 is 23.4 Å². The van der Waals surface area contributed by atoms with Gasteiger partial charge in [0, 0.05) is 18.2 Å². The van der Waals surface area contributed by atoms with Crippen molar-refractivity contribution < 1.29 is 23.9 Å². The fourth-order valence-electron chi connectivity index (χ4n) is 2.34. The normalized spacial score (nSPS) is 15.7. The molecule has 8 heteroatoms. The van der Waals surface area contributed by atoms with Crippen molar-refractivity contribution in [3.05, 3.63) is 64.2 Å². The van der Waals surface area contributed by atoms with E-state index < -0.39 is 11.9 Å². The Morgan fingerprint density at radius 2 is 2.08 bits per heavy atom. The highest BCUT2D eigenvalue weighted by Gasteiger charge is 2.34. The van der Waals surface area contributed by atoms with Crippen molar-refractivity contribution in [1.82, 2.24) is 4.90 Å². The molecule has 132 valence electrons. The van der Waals surface area contributed by atoms with Crippen LogP contribution in [0.25, 0.3) is 17.4 Å². The van der Waals surface area contributed by atoms with Crippen LogP contribution in [0.5, 0.6) is 0 Å². The molecule has 1 aromatic heterocycles. The lowest BCUT2D eigenvalue weighted by atomic mass is 10.1. The predicted molar refractivity (Wildman–Crippen MR) is 99.0 cm³/mol. The molecule has 2 heterocycles. The molecule has 0 atom stereocenters. The number of imide groups is 1. The maximum atomic E-state index is 12.2. The second-order valence-electron chi connectivity index (χ2n) is 5.28. The van der Waals surface area contributed by atoms with Gasteiger partial charge in [-0.3, -0.25) is 14.5 Å². The Bertz CT molecular complexity index is 962. The molecule has 0 spiro atoms. The van der Waals surface area contributed by atoms with E-state index >= 15 is 0 Å². The number of halogens is 1. The van der Waals surface area contributed by atoms with E-state index in [1.807, 2.05) is 0 Å². The Labute approximate surface area is 157 Å². The lowest BCUT2D eigenvalue weighted by molar-refractivity contribution is -0.122. The van der Waals surface area contributed by atoms with Gasteiger partial charge in [0.25, 0.3) is 11.1 Å². The molecule has 2 amide bonds. The number of hydrogen-bond donors (Lipinski definition) is 1. The van der Waals surface area contributed by atoms with Gasteiger partial charge in [-0.05, 0) is 36.0 Å². The fourth-order valence-corrected chi connectivity index (χ4v) is 3.43. The minimum atomic E-state index is -1.11. The number of furan rings is 1. The standard InChI is InChI=1S/C18H12ClNO5S/c1-2-7-20-16(21)15(26-18(20)24)9-11-4-6-14(25-11)10-3-5-12(17(22)23)13(19)8-10/h2-6,8-9H,1,7H2,(H,22,23). The van der Waals surface area contributed by atoms with Gasteiger partial charge in [-0.1, -0.05) is 23.7 Å². The highest BCUT2D eigenvalue weighted by molar-refractivity contribution is 8.18. The van der Waals surface area contributed by atoms with Gasteiger partial charge >= 0.3 is 5.97 Å². The van der Waals surface area contributed by atoms with Crippen LogP contribution in [0.1, 0.15) is 16.1 Å². The number of thioether (sulfide) groups is 1. The van der Waals surface area contributed by atoms with E-state index in [1.165, 1.54) is 24.3 Å². The maximum absolute atomic E-state index is 12.2. The molecule has 3 rings (SSSR count). The summed E-state index contributed by atoms with van der Waals surface area (Å²) in [6.07, 6.45) is 2.97. The second kappa shape index (κ2) is 7.23. The molecule has 0 saturated carbocycles. The number of carbonyl (C=O) groups excluding carboxylic acids is 2. The Morgan fingerprint density at radius 1 is 1.31 bits per heavy atom. The zero-order chi connectivity index (χ0) is 18.8. The number of aromatic carboxylic acids is 1. The van der Waals surface area contributed by atoms with Crippen molar-refractivity contribution in [3.8, 4) is 11.3 Å². The highest BCUT2D eigenvalue weighted by atomic mass is 35.5. The average Bonchev–Trinajstić information content (AvgIpc) is 3.15. The number of benzene rings is 1. The van der Waals surface area contributed by atoms with Crippen molar-refractivity contribution >= 4 is 46.6 Å². The summed E-state index contributed by atoms with van der Waals surface area (Å²) in [5, 5.41) is 8.75. The third-order valence-corrected chi connectivity index (χ3v) is 4.79. The molecule has 0 aliphatic carbocycles. The van der Waals surface area contributed by atoms with Crippen LogP contribution in [0.4, 0.5) is 4.79 Å². The molecule has 2 aromatic rings. The summed E-state index contributed by atoms with van der Waals surface area (Å²) in [7, 11) is 0. The zero-order valence-electron chi connectivity index (χ0n) is 13.3. The minimum Gasteiger partial charge on any atom is -0.478 e. The summed E-state index contributed by atoms with van der Waals surface area (Å²) in [6, 6.07) is 7.78. The first kappa shape index (κ1) is 18.0. The number of rotatable bonds is 5. The van der Waals surface area contributed by atoms with E-state index in [0.717, 1.165) is 16.7 Å². The molecular formula is C18H12ClNO5S. The van der Waals surface area contributed by atoms with E-state index in [0.29, 0.717) is 17.1 Å². The minimum absolute atomic E-state index is 0.00177. The molecule has 6 nitrogen and oxygen atoms in total. The Kier molecular flexibility index (Phi) is 5.01. The van der Waals surface area contributed by atoms with Crippen LogP contribution < -0.4 is 0 Å². The molecule has 26 heavy (non-hydrogen) atoms. The maximum Gasteiger partial charge on any atom is 0.337 e. The quantitative estimate of drug-likeness (QED) is 0.597. The molecule has 0 radical (unpaired) electrons. The number of carboxylic acids is 1. The molecule has 1 aliphatic rings. The molecular weight excluding hydrogens is 378 g/mol. The van der Waals surface area contributed by atoms with E-state index in [9.17, 15) is 14.4 Å². The lowest BCUT2D eigenvalue weighted by Crippen LogP contribution is -2.27. The molecule has 0 bridgehead atoms. The Balaban J connectivity index is 1.86. The van der Waals surface area contributed by atoms with Crippen molar-refractivity contribution in [2.24, 2.45) is 0 Å². The third-order valence-electron chi connectivity index (χ3n) is 3.57. The molecule has 1 aliphatic heterocycles. The molecule has 0 unspecified atom stereocenters. The summed E-state index contributed by atoms with van der Waals surface area (Å²) in [4.78, 5) is 36.4. The first-order valence-electron chi connectivity index (χ1n) is 7.40. The van der Waals surface area contributed by atoms with E-state index in [1.54, 1.807) is 18.2 Å². The molecule has 1 aromatic carbocycles. The van der Waals surface area contributed by atoms with Crippen molar-refractivity contribution in [1.29, 1.82) is 0 Å². The van der Waals surface area contributed by atoms with Crippen LogP contribution in [-0.4, -0.2) is 33.7 Å². The number of carboxylic acid groups (broad SMARTS) is 1. The summed E-state index contributed by atoms with van der Waals surface area (Å²) in [5.74, 6) is -0.661. The first-order chi connectivity index (χ1) is 12.4. The third kappa shape index (κ3) is 3.44. The number of hydrogen-bond acceptors (Lipinski definition) is 5. The van der Waals surface area contributed by atoms with E-state index in [-0.39, 0.29) is 27.3 Å².